The highest BCUT2D eigenvalue weighted by Crippen LogP contribution is 2.34. The van der Waals surface area contributed by atoms with Crippen LogP contribution in [0.3, 0.4) is 0 Å². The smallest absolute Gasteiger partial charge is 0.414 e. The van der Waals surface area contributed by atoms with Gasteiger partial charge in [-0.15, -0.1) is 0 Å². The number of hydrogen-bond donors (Lipinski definition) is 2. The number of ketones is 1. The van der Waals surface area contributed by atoms with Crippen molar-refractivity contribution < 1.29 is 23.5 Å². The minimum absolute atomic E-state index is 0.0204. The highest BCUT2D eigenvalue weighted by atomic mass is 35.5. The number of halogens is 2. The van der Waals surface area contributed by atoms with Crippen molar-refractivity contribution >= 4 is 46.8 Å². The lowest BCUT2D eigenvalue weighted by Crippen LogP contribution is -2.34. The van der Waals surface area contributed by atoms with Crippen molar-refractivity contribution in [1.82, 2.24) is 10.6 Å². The van der Waals surface area contributed by atoms with Gasteiger partial charge in [-0.2, -0.15) is 11.8 Å². The maximum absolute atomic E-state index is 14.7. The second-order valence-electron chi connectivity index (χ2n) is 8.12. The summed E-state index contributed by atoms with van der Waals surface area (Å²) in [4.78, 5) is 38.0. The number of carbonyl (C=O) groups is 3. The van der Waals surface area contributed by atoms with Crippen LogP contribution < -0.4 is 15.5 Å². The molecule has 0 radical (unpaired) electrons. The van der Waals surface area contributed by atoms with Crippen molar-refractivity contribution in [3.05, 3.63) is 64.4 Å². The predicted octanol–water partition coefficient (Wildman–Crippen LogP) is 3.96. The van der Waals surface area contributed by atoms with Gasteiger partial charge in [0.2, 0.25) is 5.91 Å². The highest BCUT2D eigenvalue weighted by Gasteiger charge is 2.33. The third-order valence-corrected chi connectivity index (χ3v) is 7.23. The van der Waals surface area contributed by atoms with Gasteiger partial charge in [-0.05, 0) is 36.4 Å². The third-order valence-electron chi connectivity index (χ3n) is 5.72. The summed E-state index contributed by atoms with van der Waals surface area (Å²) in [6.45, 7) is 1.93. The number of rotatable bonds is 8. The molecule has 0 aromatic heterocycles. The maximum atomic E-state index is 14.7. The number of ether oxygens (including phenoxy) is 1. The summed E-state index contributed by atoms with van der Waals surface area (Å²) < 4.78 is 20.1. The van der Waals surface area contributed by atoms with E-state index in [-0.39, 0.29) is 48.7 Å². The largest absolute Gasteiger partial charge is 0.442 e. The molecule has 0 bridgehead atoms. The first kappa shape index (κ1) is 24.5. The van der Waals surface area contributed by atoms with Crippen LogP contribution in [0, 0.1) is 5.82 Å². The molecule has 0 aliphatic carbocycles. The molecule has 7 nitrogen and oxygen atoms in total. The highest BCUT2D eigenvalue weighted by molar-refractivity contribution is 7.99. The Kier molecular flexibility index (Phi) is 8.07. The topological polar surface area (TPSA) is 87.7 Å². The number of nitrogens with zero attached hydrogens (tertiary/aromatic N) is 1. The SMILES string of the molecule is O=C(CCC(=O)c1ccc(Cl)cc1)NC[C@H]1CN(c2ccc(C3CNCCS3)c(F)c2)C(=O)O1. The number of carbonyl (C=O) groups excluding carboxylic acids is 3. The quantitative estimate of drug-likeness (QED) is 0.528. The number of hydrogen-bond acceptors (Lipinski definition) is 6. The predicted molar refractivity (Wildman–Crippen MR) is 130 cm³/mol. The van der Waals surface area contributed by atoms with Crippen molar-refractivity contribution in [1.29, 1.82) is 0 Å². The van der Waals surface area contributed by atoms with Crippen molar-refractivity contribution in [2.45, 2.75) is 24.2 Å². The van der Waals surface area contributed by atoms with Gasteiger partial charge in [0, 0.05) is 53.1 Å². The molecule has 2 fully saturated rings. The van der Waals surface area contributed by atoms with Crippen molar-refractivity contribution in [2.24, 2.45) is 0 Å². The Hall–Kier alpha value is -2.62. The second-order valence-corrected chi connectivity index (χ2v) is 9.87. The summed E-state index contributed by atoms with van der Waals surface area (Å²) in [6, 6.07) is 11.3. The molecular formula is C24H25ClFN3O4S. The molecule has 2 aliphatic rings. The number of nitrogens with one attached hydrogen (secondary N) is 2. The Labute approximate surface area is 206 Å². The molecule has 1 unspecified atom stereocenters. The minimum Gasteiger partial charge on any atom is -0.442 e. The molecule has 2 heterocycles. The third kappa shape index (κ3) is 6.08. The lowest BCUT2D eigenvalue weighted by atomic mass is 10.1. The molecule has 2 aromatic rings. The first-order valence-electron chi connectivity index (χ1n) is 11.1. The van der Waals surface area contributed by atoms with Crippen LogP contribution in [0.1, 0.15) is 34.0 Å². The Bertz CT molecular complexity index is 1060. The zero-order chi connectivity index (χ0) is 24.1. The summed E-state index contributed by atoms with van der Waals surface area (Å²) in [7, 11) is 0. The van der Waals surface area contributed by atoms with Crippen LogP contribution in [-0.4, -0.2) is 55.8 Å². The summed E-state index contributed by atoms with van der Waals surface area (Å²) in [5.41, 5.74) is 1.53. The van der Waals surface area contributed by atoms with E-state index in [4.69, 9.17) is 16.3 Å². The fourth-order valence-electron chi connectivity index (χ4n) is 3.87. The minimum atomic E-state index is -0.585. The van der Waals surface area contributed by atoms with E-state index >= 15 is 0 Å². The van der Waals surface area contributed by atoms with Crippen LogP contribution in [0.25, 0.3) is 0 Å². The van der Waals surface area contributed by atoms with Gasteiger partial charge in [0.1, 0.15) is 11.9 Å². The lowest BCUT2D eigenvalue weighted by Gasteiger charge is -2.24. The van der Waals surface area contributed by atoms with Gasteiger partial charge in [-0.25, -0.2) is 9.18 Å². The summed E-state index contributed by atoms with van der Waals surface area (Å²) in [5.74, 6) is 0.102. The summed E-state index contributed by atoms with van der Waals surface area (Å²) in [5, 5.41) is 6.54. The molecule has 2 N–H and O–H groups in total. The number of anilines is 1. The van der Waals surface area contributed by atoms with E-state index in [2.05, 4.69) is 10.6 Å². The molecule has 34 heavy (non-hydrogen) atoms. The van der Waals surface area contributed by atoms with Crippen LogP contribution in [0.4, 0.5) is 14.9 Å². The number of amides is 2. The van der Waals surface area contributed by atoms with Crippen molar-refractivity contribution in [3.63, 3.8) is 0 Å². The lowest BCUT2D eigenvalue weighted by molar-refractivity contribution is -0.121. The van der Waals surface area contributed by atoms with E-state index in [0.29, 0.717) is 28.4 Å². The molecule has 2 saturated heterocycles. The van der Waals surface area contributed by atoms with Gasteiger partial charge in [0.05, 0.1) is 18.8 Å². The molecule has 2 amide bonds. The van der Waals surface area contributed by atoms with E-state index in [0.717, 1.165) is 12.3 Å². The number of thioether (sulfide) groups is 1. The summed E-state index contributed by atoms with van der Waals surface area (Å²) >= 11 is 7.53. The first-order chi connectivity index (χ1) is 16.4. The van der Waals surface area contributed by atoms with Crippen molar-refractivity contribution in [2.75, 3.05) is 36.8 Å². The molecule has 2 aliphatic heterocycles. The second kappa shape index (κ2) is 11.2. The molecule has 2 atom stereocenters. The van der Waals surface area contributed by atoms with Gasteiger partial charge in [0.15, 0.2) is 5.78 Å². The van der Waals surface area contributed by atoms with E-state index < -0.39 is 12.2 Å². The molecule has 180 valence electrons. The summed E-state index contributed by atoms with van der Waals surface area (Å²) in [6.07, 6.45) is -1.07. The molecular weight excluding hydrogens is 481 g/mol. The van der Waals surface area contributed by atoms with Gasteiger partial charge in [0.25, 0.3) is 0 Å². The monoisotopic (exact) mass is 505 g/mol. The normalized spacial score (nSPS) is 20.2. The number of cyclic esters (lactones) is 1. The van der Waals surface area contributed by atoms with Crippen molar-refractivity contribution in [3.8, 4) is 0 Å². The molecule has 2 aromatic carbocycles. The fourth-order valence-corrected chi connectivity index (χ4v) is 5.15. The molecule has 10 heteroatoms. The molecule has 4 rings (SSSR count). The Morgan fingerprint density at radius 3 is 2.71 bits per heavy atom. The van der Waals surface area contributed by atoms with Crippen LogP contribution in [0.15, 0.2) is 42.5 Å². The first-order valence-corrected chi connectivity index (χ1v) is 12.5. The zero-order valence-electron chi connectivity index (χ0n) is 18.4. The molecule has 0 spiro atoms. The van der Waals surface area contributed by atoms with Crippen LogP contribution in [0.5, 0.6) is 0 Å². The molecule has 0 saturated carbocycles. The van der Waals surface area contributed by atoms with E-state index in [1.807, 2.05) is 0 Å². The number of Topliss-reactive ketones (excluding diaryl/α,β-unsaturated/α-hetero) is 1. The van der Waals surface area contributed by atoms with Crippen LogP contribution in [-0.2, 0) is 9.53 Å². The average molecular weight is 506 g/mol. The fraction of sp³-hybridized carbons (Fsp3) is 0.375. The Morgan fingerprint density at radius 2 is 2.00 bits per heavy atom. The maximum Gasteiger partial charge on any atom is 0.414 e. The zero-order valence-corrected chi connectivity index (χ0v) is 20.0. The van der Waals surface area contributed by atoms with Gasteiger partial charge >= 0.3 is 6.09 Å². The average Bonchev–Trinajstić information content (AvgIpc) is 3.22. The Balaban J connectivity index is 1.25. The van der Waals surface area contributed by atoms with Crippen LogP contribution >= 0.6 is 23.4 Å². The Morgan fingerprint density at radius 1 is 1.21 bits per heavy atom. The number of benzene rings is 2. The van der Waals surface area contributed by atoms with Gasteiger partial charge < -0.3 is 15.4 Å². The van der Waals surface area contributed by atoms with E-state index in [9.17, 15) is 18.8 Å². The van der Waals surface area contributed by atoms with Gasteiger partial charge in [-0.1, -0.05) is 17.7 Å². The van der Waals surface area contributed by atoms with Crippen LogP contribution in [0.2, 0.25) is 5.02 Å². The van der Waals surface area contributed by atoms with Gasteiger partial charge in [-0.3, -0.25) is 14.5 Å². The van der Waals surface area contributed by atoms with E-state index in [1.54, 1.807) is 48.2 Å². The van der Waals surface area contributed by atoms with E-state index in [1.165, 1.54) is 11.0 Å². The standard InChI is InChI=1S/C24H25ClFN3O4S/c25-16-3-1-15(2-4-16)21(30)7-8-23(31)28-12-18-14-29(24(32)33-18)17-5-6-19(20(26)11-17)22-13-27-9-10-34-22/h1-6,11,18,22,27H,7-10,12-14H2,(H,28,31)/t18-,22?/m0/s1.